The number of carbonyl (C=O) groups excluding carboxylic acids is 6. The molecule has 1 aromatic rings. The van der Waals surface area contributed by atoms with Gasteiger partial charge in [-0.1, -0.05) is 0 Å². The first-order chi connectivity index (χ1) is 27.1. The first kappa shape index (κ1) is 50.6. The third kappa shape index (κ3) is 21.2. The minimum Gasteiger partial charge on any atom is -0.478 e. The Morgan fingerprint density at radius 3 is 1.69 bits per heavy atom. The summed E-state index contributed by atoms with van der Waals surface area (Å²) < 4.78 is 50.1. The Balaban J connectivity index is 0.00000189. The van der Waals surface area contributed by atoms with Crippen LogP contribution in [0.15, 0.2) is 12.2 Å². The Bertz CT molecular complexity index is 1560. The van der Waals surface area contributed by atoms with Gasteiger partial charge >= 0.3 is 47.8 Å². The van der Waals surface area contributed by atoms with Gasteiger partial charge in [-0.25, -0.2) is 28.8 Å². The average Bonchev–Trinajstić information content (AvgIpc) is 3.63. The molecule has 22 nitrogen and oxygen atoms in total. The molecular formula is C35H52N4O18S. The monoisotopic (exact) mass is 848 g/mol. The van der Waals surface area contributed by atoms with Crippen molar-refractivity contribution < 1.29 is 86.5 Å². The fourth-order valence-corrected chi connectivity index (χ4v) is 4.59. The number of aromatic nitrogens is 2. The van der Waals surface area contributed by atoms with Crippen molar-refractivity contribution in [1.82, 2.24) is 14.1 Å². The molecule has 0 radical (unpaired) electrons. The molecule has 1 aliphatic rings. The zero-order valence-electron chi connectivity index (χ0n) is 33.6. The highest BCUT2D eigenvalue weighted by Crippen LogP contribution is 2.26. The van der Waals surface area contributed by atoms with Crippen molar-refractivity contribution >= 4 is 65.3 Å². The van der Waals surface area contributed by atoms with Gasteiger partial charge in [-0.2, -0.15) is 4.37 Å². The number of hydrogen-bond donors (Lipinski definition) is 3. The van der Waals surface area contributed by atoms with Crippen LogP contribution >= 0.6 is 11.7 Å². The van der Waals surface area contributed by atoms with Crippen LogP contribution in [-0.2, 0) is 71.5 Å². The van der Waals surface area contributed by atoms with Crippen LogP contribution in [0.4, 0.5) is 5.82 Å². The molecule has 326 valence electrons. The molecule has 1 fully saturated rings. The standard InChI is InChI=1S/C31H48N4O14S.C4H4O4/c1-9-43-27(38)18(2)46-29(40)20(4)48-30(41)21(5)47-28(39)19(3)45-23(36)10-11-24(37)49-22(16-32-31(6,7)8)17-44-26-25(33-50-34-26)35-12-14-42-15-13-35;5-3(6)1-2-4(7)8/h18-22,32H,9-17H2,1-8H3;1-2H,(H,5,6)(H,7,8)/b;2-1-/t18?,19?,20?,21?,22-;/m0./s1. The summed E-state index contributed by atoms with van der Waals surface area (Å²) in [5.74, 6) is -7.15. The number of morpholine rings is 1. The van der Waals surface area contributed by atoms with Crippen molar-refractivity contribution in [2.24, 2.45) is 0 Å². The maximum atomic E-state index is 12.7. The fraction of sp³-hybridized carbons (Fsp3) is 0.657. The zero-order valence-corrected chi connectivity index (χ0v) is 34.4. The number of carboxylic acids is 2. The van der Waals surface area contributed by atoms with E-state index in [4.69, 9.17) is 48.1 Å². The third-order valence-electron chi connectivity index (χ3n) is 7.02. The van der Waals surface area contributed by atoms with Crippen LogP contribution in [-0.4, -0.2) is 149 Å². The summed E-state index contributed by atoms with van der Waals surface area (Å²) in [6.45, 7) is 15.1. The second-order valence-corrected chi connectivity index (χ2v) is 13.7. The van der Waals surface area contributed by atoms with Crippen molar-refractivity contribution in [3.8, 4) is 5.88 Å². The Hall–Kier alpha value is -5.42. The molecule has 0 saturated carbocycles. The molecular weight excluding hydrogens is 796 g/mol. The fourth-order valence-electron chi connectivity index (χ4n) is 4.07. The highest BCUT2D eigenvalue weighted by molar-refractivity contribution is 6.99. The van der Waals surface area contributed by atoms with Crippen molar-refractivity contribution in [3.05, 3.63) is 12.2 Å². The zero-order chi connectivity index (χ0) is 44.0. The SMILES string of the molecule is CCOC(=O)C(C)OC(=O)C(C)OC(=O)C(C)OC(=O)C(C)OC(=O)CCC(=O)O[C@@H](CNC(C)(C)C)COc1nsnc1N1CCOCC1.O=C(O)/C=C\C(=O)O. The number of carbonyl (C=O) groups is 8. The number of nitrogens with zero attached hydrogens (tertiary/aromatic N) is 3. The maximum Gasteiger partial charge on any atom is 0.347 e. The summed E-state index contributed by atoms with van der Waals surface area (Å²) in [4.78, 5) is 94.8. The largest absolute Gasteiger partial charge is 0.478 e. The molecule has 0 bridgehead atoms. The summed E-state index contributed by atoms with van der Waals surface area (Å²) in [5, 5.41) is 18.9. The van der Waals surface area contributed by atoms with Crippen LogP contribution in [0.2, 0.25) is 0 Å². The quantitative estimate of drug-likeness (QED) is 0.0877. The van der Waals surface area contributed by atoms with E-state index in [1.54, 1.807) is 6.92 Å². The number of rotatable bonds is 21. The second kappa shape index (κ2) is 25.8. The van der Waals surface area contributed by atoms with Gasteiger partial charge in [0.15, 0.2) is 24.4 Å². The summed E-state index contributed by atoms with van der Waals surface area (Å²) in [5.41, 5.74) is -0.289. The van der Waals surface area contributed by atoms with E-state index in [-0.39, 0.29) is 31.7 Å². The second-order valence-electron chi connectivity index (χ2n) is 13.2. The van der Waals surface area contributed by atoms with Crippen LogP contribution in [0.3, 0.4) is 0 Å². The summed E-state index contributed by atoms with van der Waals surface area (Å²) in [6.07, 6.45) is -5.96. The number of ether oxygens (including phenoxy) is 8. The van der Waals surface area contributed by atoms with E-state index in [0.717, 1.165) is 11.7 Å². The van der Waals surface area contributed by atoms with Crippen molar-refractivity contribution in [3.63, 3.8) is 0 Å². The lowest BCUT2D eigenvalue weighted by Crippen LogP contribution is -2.44. The number of nitrogens with one attached hydrogen (secondary N) is 1. The predicted octanol–water partition coefficient (Wildman–Crippen LogP) is 0.835. The molecule has 0 spiro atoms. The van der Waals surface area contributed by atoms with E-state index in [9.17, 15) is 38.4 Å². The molecule has 1 aliphatic heterocycles. The molecule has 0 aromatic carbocycles. The van der Waals surface area contributed by atoms with E-state index in [0.29, 0.717) is 50.2 Å². The van der Waals surface area contributed by atoms with Gasteiger partial charge in [-0.3, -0.25) is 9.59 Å². The Labute approximate surface area is 338 Å². The molecule has 4 unspecified atom stereocenters. The lowest BCUT2D eigenvalue weighted by molar-refractivity contribution is -0.185. The lowest BCUT2D eigenvalue weighted by atomic mass is 10.1. The predicted molar refractivity (Wildman–Crippen MR) is 199 cm³/mol. The minimum atomic E-state index is -1.48. The van der Waals surface area contributed by atoms with Gasteiger partial charge < -0.3 is 58.3 Å². The van der Waals surface area contributed by atoms with E-state index in [1.165, 1.54) is 27.7 Å². The van der Waals surface area contributed by atoms with Crippen LogP contribution in [0.1, 0.15) is 68.2 Å². The van der Waals surface area contributed by atoms with Crippen LogP contribution in [0, 0.1) is 0 Å². The van der Waals surface area contributed by atoms with Crippen molar-refractivity contribution in [1.29, 1.82) is 0 Å². The summed E-state index contributed by atoms with van der Waals surface area (Å²) in [7, 11) is 0. The Morgan fingerprint density at radius 2 is 1.22 bits per heavy atom. The van der Waals surface area contributed by atoms with Crippen LogP contribution in [0.25, 0.3) is 0 Å². The van der Waals surface area contributed by atoms with Gasteiger partial charge in [0.2, 0.25) is 5.82 Å². The smallest absolute Gasteiger partial charge is 0.347 e. The lowest BCUT2D eigenvalue weighted by Gasteiger charge is -2.27. The third-order valence-corrected chi connectivity index (χ3v) is 7.52. The molecule has 58 heavy (non-hydrogen) atoms. The molecule has 3 N–H and O–H groups in total. The number of hydrogen-bond acceptors (Lipinski definition) is 21. The molecule has 23 heteroatoms. The summed E-state index contributed by atoms with van der Waals surface area (Å²) in [6, 6.07) is 0. The summed E-state index contributed by atoms with van der Waals surface area (Å²) >= 11 is 1.00. The average molecular weight is 849 g/mol. The van der Waals surface area contributed by atoms with Crippen LogP contribution in [0.5, 0.6) is 5.88 Å². The van der Waals surface area contributed by atoms with Gasteiger partial charge in [0, 0.05) is 37.3 Å². The normalized spacial score (nSPS) is 15.2. The van der Waals surface area contributed by atoms with Gasteiger partial charge in [0.25, 0.3) is 5.88 Å². The Morgan fingerprint density at radius 1 is 0.759 bits per heavy atom. The molecule has 1 aromatic heterocycles. The molecule has 0 aliphatic carbocycles. The van der Waals surface area contributed by atoms with Crippen molar-refractivity contribution in [2.75, 3.05) is 51.0 Å². The van der Waals surface area contributed by atoms with Gasteiger partial charge in [0.05, 0.1) is 44.4 Å². The number of carboxylic acid groups (broad SMARTS) is 2. The van der Waals surface area contributed by atoms with Crippen LogP contribution < -0.4 is 15.0 Å². The van der Waals surface area contributed by atoms with E-state index < -0.39 is 84.7 Å². The highest BCUT2D eigenvalue weighted by atomic mass is 32.1. The van der Waals surface area contributed by atoms with Gasteiger partial charge in [-0.05, 0) is 55.4 Å². The first-order valence-corrected chi connectivity index (χ1v) is 18.7. The Kier molecular flexibility index (Phi) is 22.5. The van der Waals surface area contributed by atoms with Gasteiger partial charge in [-0.15, -0.1) is 4.37 Å². The number of anilines is 1. The van der Waals surface area contributed by atoms with Gasteiger partial charge in [0.1, 0.15) is 12.7 Å². The molecule has 5 atom stereocenters. The van der Waals surface area contributed by atoms with E-state index in [1.807, 2.05) is 25.7 Å². The highest BCUT2D eigenvalue weighted by Gasteiger charge is 2.31. The number of esters is 6. The van der Waals surface area contributed by atoms with E-state index in [2.05, 4.69) is 14.1 Å². The molecule has 0 amide bonds. The number of aliphatic carboxylic acids is 2. The molecule has 2 rings (SSSR count). The minimum absolute atomic E-state index is 0.0296. The molecule has 1 saturated heterocycles. The molecule has 2 heterocycles. The van der Waals surface area contributed by atoms with E-state index >= 15 is 0 Å². The first-order valence-electron chi connectivity index (χ1n) is 18.0. The van der Waals surface area contributed by atoms with Crippen molar-refractivity contribution in [2.45, 2.75) is 104 Å². The maximum absolute atomic E-state index is 12.7. The topological polar surface area (TPSA) is 292 Å².